The van der Waals surface area contributed by atoms with Crippen LogP contribution in [0.15, 0.2) is 195 Å². The monoisotopic (exact) mass is 838 g/mol. The lowest BCUT2D eigenvalue weighted by molar-refractivity contribution is 0.668. The maximum atomic E-state index is 6.39. The smallest absolute Gasteiger partial charge is 0.238 e. The van der Waals surface area contributed by atoms with E-state index in [9.17, 15) is 0 Å². The lowest BCUT2D eigenvalue weighted by Gasteiger charge is -2.13. The quantitative estimate of drug-likeness (QED) is 0.176. The van der Waals surface area contributed by atoms with Gasteiger partial charge in [-0.05, 0) is 77.0 Å². The van der Waals surface area contributed by atoms with E-state index >= 15 is 0 Å². The Labute approximate surface area is 371 Å². The van der Waals surface area contributed by atoms with Gasteiger partial charge in [-0.25, -0.2) is 4.98 Å². The molecule has 0 fully saturated rings. The van der Waals surface area contributed by atoms with Crippen LogP contribution in [0, 0.1) is 0 Å². The van der Waals surface area contributed by atoms with Gasteiger partial charge < -0.3 is 13.3 Å². The first-order valence-corrected chi connectivity index (χ1v) is 22.1. The minimum atomic E-state index is 0.497. The molecule has 14 rings (SSSR count). The third-order valence-electron chi connectivity index (χ3n) is 12.5. The maximum absolute atomic E-state index is 6.39. The molecule has 0 N–H and O–H groups in total. The van der Waals surface area contributed by atoms with Crippen LogP contribution in [0.5, 0.6) is 0 Å². The van der Waals surface area contributed by atoms with Crippen molar-refractivity contribution in [3.8, 4) is 39.9 Å². The Morgan fingerprint density at radius 1 is 0.385 bits per heavy atom. The number of furan rings is 3. The van der Waals surface area contributed by atoms with Crippen LogP contribution in [-0.2, 0) is 0 Å². The van der Waals surface area contributed by atoms with Crippen molar-refractivity contribution >= 4 is 98.4 Å². The molecule has 0 aliphatic rings. The summed E-state index contributed by atoms with van der Waals surface area (Å²) < 4.78 is 21.3. The highest BCUT2D eigenvalue weighted by Crippen LogP contribution is 2.43. The lowest BCUT2D eigenvalue weighted by Crippen LogP contribution is -2.07. The number of hydrogen-bond acceptors (Lipinski definition) is 6. The summed E-state index contributed by atoms with van der Waals surface area (Å²) in [5.41, 5.74) is 10.6. The largest absolute Gasteiger partial charge is 0.456 e. The second-order valence-electron chi connectivity index (χ2n) is 16.6. The first kappa shape index (κ1) is 37.0. The predicted octanol–water partition coefficient (Wildman–Crippen LogP) is 16.2. The molecule has 0 amide bonds. The Morgan fingerprint density at radius 2 is 0.877 bits per heavy atom. The van der Waals surface area contributed by atoms with Gasteiger partial charge in [-0.15, -0.1) is 0 Å². The average Bonchev–Trinajstić information content (AvgIpc) is 4.12. The molecule has 0 spiro atoms. The average molecular weight is 839 g/mol. The minimum absolute atomic E-state index is 0.497. The Balaban J connectivity index is 0.00000138. The molecule has 0 aliphatic heterocycles. The molecule has 5 heterocycles. The first-order chi connectivity index (χ1) is 32.1. The molecule has 308 valence electrons. The van der Waals surface area contributed by atoms with E-state index in [0.717, 1.165) is 121 Å². The van der Waals surface area contributed by atoms with E-state index < -0.39 is 0 Å². The van der Waals surface area contributed by atoms with Crippen LogP contribution in [0.25, 0.3) is 138 Å². The zero-order chi connectivity index (χ0) is 43.2. The van der Waals surface area contributed by atoms with Crippen molar-refractivity contribution < 1.29 is 13.3 Å². The fourth-order valence-corrected chi connectivity index (χ4v) is 9.62. The number of hydrogen-bond donors (Lipinski definition) is 0. The van der Waals surface area contributed by atoms with E-state index in [1.807, 2.05) is 60.7 Å². The van der Waals surface area contributed by atoms with Gasteiger partial charge in [0.05, 0.1) is 11.0 Å². The molecule has 0 saturated carbocycles. The molecule has 5 aromatic heterocycles. The number of aromatic nitrogens is 4. The van der Waals surface area contributed by atoms with Gasteiger partial charge in [-0.2, -0.15) is 9.97 Å². The molecule has 0 radical (unpaired) electrons. The first-order valence-electron chi connectivity index (χ1n) is 22.1. The third kappa shape index (κ3) is 5.79. The summed E-state index contributed by atoms with van der Waals surface area (Å²) >= 11 is 0. The molecular formula is C58H38N4O3. The lowest BCUT2D eigenvalue weighted by atomic mass is 9.98. The van der Waals surface area contributed by atoms with Gasteiger partial charge in [0.15, 0.2) is 11.6 Å². The van der Waals surface area contributed by atoms with E-state index in [2.05, 4.69) is 140 Å². The Bertz CT molecular complexity index is 4070. The van der Waals surface area contributed by atoms with E-state index in [1.165, 1.54) is 6.42 Å². The second kappa shape index (κ2) is 14.5. The molecule has 7 nitrogen and oxygen atoms in total. The topological polar surface area (TPSA) is 83.0 Å². The Morgan fingerprint density at radius 3 is 1.51 bits per heavy atom. The Hall–Kier alpha value is -8.55. The molecule has 0 atom stereocenters. The zero-order valence-corrected chi connectivity index (χ0v) is 35.5. The zero-order valence-electron chi connectivity index (χ0n) is 35.5. The van der Waals surface area contributed by atoms with Crippen LogP contribution in [0.1, 0.15) is 20.3 Å². The van der Waals surface area contributed by atoms with Crippen molar-refractivity contribution in [1.82, 2.24) is 19.5 Å². The molecule has 9 aromatic carbocycles. The summed E-state index contributed by atoms with van der Waals surface area (Å²) in [6, 6.07) is 62.8. The molecule has 7 heteroatoms. The molecule has 0 aliphatic carbocycles. The van der Waals surface area contributed by atoms with E-state index in [1.54, 1.807) is 0 Å². The molecule has 0 unspecified atom stereocenters. The summed E-state index contributed by atoms with van der Waals surface area (Å²) in [5, 5.41) is 10.9. The van der Waals surface area contributed by atoms with E-state index in [4.69, 9.17) is 28.2 Å². The van der Waals surface area contributed by atoms with Crippen LogP contribution < -0.4 is 0 Å². The Kier molecular flexibility index (Phi) is 8.27. The van der Waals surface area contributed by atoms with Crippen LogP contribution >= 0.6 is 0 Å². The summed E-state index contributed by atoms with van der Waals surface area (Å²) in [4.78, 5) is 16.0. The van der Waals surface area contributed by atoms with Gasteiger partial charge in [0.25, 0.3) is 0 Å². The summed E-state index contributed by atoms with van der Waals surface area (Å²) in [5.74, 6) is 1.55. The number of nitrogens with zero attached hydrogens (tertiary/aromatic N) is 4. The van der Waals surface area contributed by atoms with Crippen LogP contribution in [0.4, 0.5) is 0 Å². The van der Waals surface area contributed by atoms with Crippen molar-refractivity contribution in [1.29, 1.82) is 0 Å². The predicted molar refractivity (Wildman–Crippen MR) is 266 cm³/mol. The molecular weight excluding hydrogens is 801 g/mol. The van der Waals surface area contributed by atoms with Crippen LogP contribution in [-0.4, -0.2) is 19.5 Å². The summed E-state index contributed by atoms with van der Waals surface area (Å²) in [6.45, 7) is 4.25. The third-order valence-corrected chi connectivity index (χ3v) is 12.5. The SMILES string of the molecule is CCC.c1ccc2c(c1)ccc1c2c2cccc(-c3ccc4oc5ccccc5c4c3)c2n1-c1nc(-c2ccc3c(c2)oc2ccccc23)nc(-c2ccc3c(c2)oc2ccccc23)n1. The minimum Gasteiger partial charge on any atom is -0.456 e. The molecule has 65 heavy (non-hydrogen) atoms. The van der Waals surface area contributed by atoms with Gasteiger partial charge in [0, 0.05) is 59.8 Å². The highest BCUT2D eigenvalue weighted by molar-refractivity contribution is 6.23. The normalized spacial score (nSPS) is 11.9. The van der Waals surface area contributed by atoms with Gasteiger partial charge in [0.1, 0.15) is 33.5 Å². The van der Waals surface area contributed by atoms with E-state index in [-0.39, 0.29) is 0 Å². The fraction of sp³-hybridized carbons (Fsp3) is 0.0517. The number of fused-ring (bicyclic) bond motifs is 14. The summed E-state index contributed by atoms with van der Waals surface area (Å²) in [7, 11) is 0. The molecule has 0 bridgehead atoms. The molecule has 14 aromatic rings. The number of benzene rings is 9. The van der Waals surface area contributed by atoms with Gasteiger partial charge in [-0.3, -0.25) is 4.57 Å². The highest BCUT2D eigenvalue weighted by atomic mass is 16.3. The second-order valence-corrected chi connectivity index (χ2v) is 16.6. The van der Waals surface area contributed by atoms with Crippen molar-refractivity contribution in [2.45, 2.75) is 20.3 Å². The van der Waals surface area contributed by atoms with Gasteiger partial charge >= 0.3 is 0 Å². The number of rotatable bonds is 4. The molecule has 0 saturated heterocycles. The maximum Gasteiger partial charge on any atom is 0.238 e. The fourth-order valence-electron chi connectivity index (χ4n) is 9.62. The van der Waals surface area contributed by atoms with Crippen molar-refractivity contribution in [3.05, 3.63) is 182 Å². The van der Waals surface area contributed by atoms with Crippen molar-refractivity contribution in [2.75, 3.05) is 0 Å². The van der Waals surface area contributed by atoms with E-state index in [0.29, 0.717) is 17.6 Å². The summed E-state index contributed by atoms with van der Waals surface area (Å²) in [6.07, 6.45) is 1.25. The number of para-hydroxylation sites is 4. The van der Waals surface area contributed by atoms with Crippen molar-refractivity contribution in [3.63, 3.8) is 0 Å². The van der Waals surface area contributed by atoms with Crippen molar-refractivity contribution in [2.24, 2.45) is 0 Å². The van der Waals surface area contributed by atoms with Crippen LogP contribution in [0.2, 0.25) is 0 Å². The highest BCUT2D eigenvalue weighted by Gasteiger charge is 2.23. The van der Waals surface area contributed by atoms with Gasteiger partial charge in [0.2, 0.25) is 5.95 Å². The van der Waals surface area contributed by atoms with Crippen LogP contribution in [0.3, 0.4) is 0 Å². The van der Waals surface area contributed by atoms with Gasteiger partial charge in [-0.1, -0.05) is 142 Å². The standard InChI is InChI=1S/C55H30N4O3.C3H8/c1-2-11-35-31(10-1)22-26-44-51(35)42-16-9-15-36(32-23-27-48-43(28-32)39-14-5-8-19-47(39)60-48)52(42)59(44)55-57-53(33-20-24-40-37-12-3-6-17-45(37)61-49(40)29-33)56-54(58-55)34-21-25-41-38-13-4-7-18-46(38)62-50(41)30-34;1-3-2/h1-30H;3H2,1-2H3.